The van der Waals surface area contributed by atoms with Gasteiger partial charge in [0.1, 0.15) is 6.54 Å². The molecule has 0 spiro atoms. The molecule has 0 aliphatic carbocycles. The highest BCUT2D eigenvalue weighted by atomic mass is 32.1. The number of thiophene rings is 1. The minimum atomic E-state index is -4.50. The summed E-state index contributed by atoms with van der Waals surface area (Å²) in [5, 5.41) is 5.51. The lowest BCUT2D eigenvalue weighted by atomic mass is 10.0. The summed E-state index contributed by atoms with van der Waals surface area (Å²) in [6.07, 6.45) is -3.68. The van der Waals surface area contributed by atoms with E-state index in [0.717, 1.165) is 12.0 Å². The lowest BCUT2D eigenvalue weighted by Gasteiger charge is -2.32. The van der Waals surface area contributed by atoms with Gasteiger partial charge in [0.15, 0.2) is 0 Å². The van der Waals surface area contributed by atoms with Crippen LogP contribution in [-0.4, -0.2) is 42.6 Å². The molecule has 1 aliphatic rings. The van der Waals surface area contributed by atoms with Gasteiger partial charge in [-0.15, -0.1) is 11.3 Å². The van der Waals surface area contributed by atoms with Gasteiger partial charge in [-0.25, -0.2) is 4.79 Å². The Labute approximate surface area is 129 Å². The third kappa shape index (κ3) is 4.44. The van der Waals surface area contributed by atoms with Crippen LogP contribution in [0.4, 0.5) is 18.0 Å². The van der Waals surface area contributed by atoms with Crippen LogP contribution in [0, 0.1) is 0 Å². The maximum atomic E-state index is 12.0. The Bertz CT molecular complexity index is 559. The molecular weight excluding hydrogens is 319 g/mol. The highest BCUT2D eigenvalue weighted by Gasteiger charge is 2.29. The SMILES string of the molecule is C[C@@H]1c2ccsc2CCN1CC(=O)NC(=O)NCC(F)(F)F. The second-order valence-electron chi connectivity index (χ2n) is 5.04. The molecule has 2 rings (SSSR count). The van der Waals surface area contributed by atoms with Gasteiger partial charge < -0.3 is 5.32 Å². The van der Waals surface area contributed by atoms with E-state index >= 15 is 0 Å². The van der Waals surface area contributed by atoms with Crippen molar-refractivity contribution in [3.63, 3.8) is 0 Å². The van der Waals surface area contributed by atoms with E-state index in [1.165, 1.54) is 4.88 Å². The number of amides is 3. The highest BCUT2D eigenvalue weighted by molar-refractivity contribution is 7.10. The number of alkyl halides is 3. The number of carbonyl (C=O) groups is 2. The maximum Gasteiger partial charge on any atom is 0.405 e. The van der Waals surface area contributed by atoms with Crippen LogP contribution in [0.1, 0.15) is 23.4 Å². The van der Waals surface area contributed by atoms with E-state index in [0.29, 0.717) is 6.54 Å². The van der Waals surface area contributed by atoms with Crippen molar-refractivity contribution in [3.8, 4) is 0 Å². The third-order valence-corrected chi connectivity index (χ3v) is 4.45. The number of nitrogens with zero attached hydrogens (tertiary/aromatic N) is 1. The fourth-order valence-corrected chi connectivity index (χ4v) is 3.32. The number of hydrogen-bond acceptors (Lipinski definition) is 4. The van der Waals surface area contributed by atoms with E-state index in [1.54, 1.807) is 16.7 Å². The minimum absolute atomic E-state index is 0.0319. The fraction of sp³-hybridized carbons (Fsp3) is 0.538. The molecule has 3 amide bonds. The van der Waals surface area contributed by atoms with Gasteiger partial charge in [0.05, 0.1) is 6.54 Å². The number of halogens is 3. The van der Waals surface area contributed by atoms with Crippen molar-refractivity contribution >= 4 is 23.3 Å². The van der Waals surface area contributed by atoms with Gasteiger partial charge in [0.2, 0.25) is 5.91 Å². The second-order valence-corrected chi connectivity index (χ2v) is 6.04. The van der Waals surface area contributed by atoms with Gasteiger partial charge in [-0.3, -0.25) is 15.0 Å². The average molecular weight is 335 g/mol. The number of imide groups is 1. The molecule has 0 aromatic carbocycles. The molecule has 0 radical (unpaired) electrons. The molecule has 1 atom stereocenters. The van der Waals surface area contributed by atoms with Crippen LogP contribution < -0.4 is 10.6 Å². The van der Waals surface area contributed by atoms with Crippen LogP contribution in [0.25, 0.3) is 0 Å². The first kappa shape index (κ1) is 16.8. The molecule has 2 N–H and O–H groups in total. The van der Waals surface area contributed by atoms with Gasteiger partial charge >= 0.3 is 12.2 Å². The zero-order valence-corrected chi connectivity index (χ0v) is 12.7. The second kappa shape index (κ2) is 6.66. The van der Waals surface area contributed by atoms with Gasteiger partial charge in [0.25, 0.3) is 0 Å². The monoisotopic (exact) mass is 335 g/mol. The van der Waals surface area contributed by atoms with E-state index in [1.807, 2.05) is 28.6 Å². The summed E-state index contributed by atoms with van der Waals surface area (Å²) in [5.74, 6) is -0.620. The van der Waals surface area contributed by atoms with E-state index in [9.17, 15) is 22.8 Å². The summed E-state index contributed by atoms with van der Waals surface area (Å²) in [6, 6.07) is 0.910. The number of rotatable bonds is 3. The lowest BCUT2D eigenvalue weighted by molar-refractivity contribution is -0.125. The summed E-state index contributed by atoms with van der Waals surface area (Å²) in [7, 11) is 0. The zero-order chi connectivity index (χ0) is 16.3. The number of fused-ring (bicyclic) bond motifs is 1. The largest absolute Gasteiger partial charge is 0.405 e. The molecule has 1 aromatic rings. The summed E-state index contributed by atoms with van der Waals surface area (Å²) in [6.45, 7) is 1.13. The first-order chi connectivity index (χ1) is 10.3. The predicted molar refractivity (Wildman–Crippen MR) is 75.6 cm³/mol. The molecule has 0 fully saturated rings. The van der Waals surface area contributed by atoms with Crippen molar-refractivity contribution in [2.45, 2.75) is 25.6 Å². The lowest BCUT2D eigenvalue weighted by Crippen LogP contribution is -2.47. The number of urea groups is 1. The first-order valence-electron chi connectivity index (χ1n) is 6.71. The quantitative estimate of drug-likeness (QED) is 0.889. The molecule has 122 valence electrons. The average Bonchev–Trinajstić information content (AvgIpc) is 2.88. The van der Waals surface area contributed by atoms with E-state index in [-0.39, 0.29) is 12.6 Å². The summed E-state index contributed by atoms with van der Waals surface area (Å²) in [4.78, 5) is 26.1. The Kier molecular flexibility index (Phi) is 5.07. The molecule has 0 saturated carbocycles. The predicted octanol–water partition coefficient (Wildman–Crippen LogP) is 2.06. The standard InChI is InChI=1S/C13H16F3N3O2S/c1-8-9-3-5-22-10(9)2-4-19(8)6-11(20)18-12(21)17-7-13(14,15)16/h3,5,8H,2,4,6-7H2,1H3,(H2,17,18,20,21)/t8-/m1/s1. The molecule has 0 saturated heterocycles. The normalized spacial score (nSPS) is 18.6. The summed E-state index contributed by atoms with van der Waals surface area (Å²) >= 11 is 1.67. The fourth-order valence-electron chi connectivity index (χ4n) is 2.35. The zero-order valence-electron chi connectivity index (χ0n) is 11.9. The Hall–Kier alpha value is -1.61. The summed E-state index contributed by atoms with van der Waals surface area (Å²) in [5.41, 5.74) is 1.16. The highest BCUT2D eigenvalue weighted by Crippen LogP contribution is 2.32. The van der Waals surface area contributed by atoms with Gasteiger partial charge in [0, 0.05) is 17.5 Å². The molecule has 0 bridgehead atoms. The summed E-state index contributed by atoms with van der Waals surface area (Å²) < 4.78 is 35.9. The Balaban J connectivity index is 1.82. The van der Waals surface area contributed by atoms with Crippen LogP contribution in [0.2, 0.25) is 0 Å². The topological polar surface area (TPSA) is 61.4 Å². The van der Waals surface area contributed by atoms with Gasteiger partial charge in [-0.2, -0.15) is 13.2 Å². The molecule has 0 unspecified atom stereocenters. The third-order valence-electron chi connectivity index (χ3n) is 3.45. The number of hydrogen-bond donors (Lipinski definition) is 2. The van der Waals surface area contributed by atoms with Crippen LogP contribution in [0.5, 0.6) is 0 Å². The maximum absolute atomic E-state index is 12.0. The number of carbonyl (C=O) groups excluding carboxylic acids is 2. The first-order valence-corrected chi connectivity index (χ1v) is 7.59. The molecule has 22 heavy (non-hydrogen) atoms. The van der Waals surface area contributed by atoms with Crippen molar-refractivity contribution < 1.29 is 22.8 Å². The molecule has 1 aliphatic heterocycles. The van der Waals surface area contributed by atoms with Crippen LogP contribution in [-0.2, 0) is 11.2 Å². The van der Waals surface area contributed by atoms with Gasteiger partial charge in [-0.1, -0.05) is 0 Å². The molecule has 5 nitrogen and oxygen atoms in total. The van der Waals surface area contributed by atoms with Crippen molar-refractivity contribution in [1.29, 1.82) is 0 Å². The molecule has 1 aromatic heterocycles. The van der Waals surface area contributed by atoms with E-state index in [4.69, 9.17) is 0 Å². The van der Waals surface area contributed by atoms with E-state index in [2.05, 4.69) is 0 Å². The van der Waals surface area contributed by atoms with Crippen LogP contribution >= 0.6 is 11.3 Å². The Morgan fingerprint density at radius 2 is 2.18 bits per heavy atom. The molecule has 2 heterocycles. The van der Waals surface area contributed by atoms with Crippen LogP contribution in [0.3, 0.4) is 0 Å². The smallest absolute Gasteiger partial charge is 0.329 e. The van der Waals surface area contributed by atoms with Crippen molar-refractivity contribution in [2.24, 2.45) is 0 Å². The molecular formula is C13H16F3N3O2S. The van der Waals surface area contributed by atoms with Crippen molar-refractivity contribution in [1.82, 2.24) is 15.5 Å². The Morgan fingerprint density at radius 1 is 1.45 bits per heavy atom. The molecule has 9 heteroatoms. The minimum Gasteiger partial charge on any atom is -0.329 e. The van der Waals surface area contributed by atoms with Crippen molar-refractivity contribution in [2.75, 3.05) is 19.6 Å². The van der Waals surface area contributed by atoms with Crippen molar-refractivity contribution in [3.05, 3.63) is 21.9 Å². The number of nitrogens with one attached hydrogen (secondary N) is 2. The van der Waals surface area contributed by atoms with E-state index < -0.39 is 24.7 Å². The Morgan fingerprint density at radius 3 is 2.86 bits per heavy atom. The van der Waals surface area contributed by atoms with Crippen LogP contribution in [0.15, 0.2) is 11.4 Å². The van der Waals surface area contributed by atoms with Gasteiger partial charge in [-0.05, 0) is 30.4 Å².